The van der Waals surface area contributed by atoms with E-state index in [4.69, 9.17) is 5.26 Å². The number of amides is 1. The zero-order valence-corrected chi connectivity index (χ0v) is 6.19. The van der Waals surface area contributed by atoms with Crippen LogP contribution < -0.4 is 0 Å². The minimum atomic E-state index is -0.607. The van der Waals surface area contributed by atoms with Crippen molar-refractivity contribution >= 4 is 31.5 Å². The maximum absolute atomic E-state index is 10.5. The average molecular weight is 160 g/mol. The summed E-state index contributed by atoms with van der Waals surface area (Å²) in [7, 11) is 0. The van der Waals surface area contributed by atoms with Crippen molar-refractivity contribution in [2.24, 2.45) is 0 Å². The van der Waals surface area contributed by atoms with Crippen LogP contribution in [-0.4, -0.2) is 9.62 Å². The second-order valence-electron chi connectivity index (χ2n) is 1.18. The van der Waals surface area contributed by atoms with E-state index in [2.05, 4.69) is 32.2 Å². The van der Waals surface area contributed by atoms with Gasteiger partial charge < -0.3 is 0 Å². The van der Waals surface area contributed by atoms with Gasteiger partial charge in [-0.15, -0.1) is 0 Å². The van der Waals surface area contributed by atoms with Crippen LogP contribution in [0, 0.1) is 11.3 Å². The van der Waals surface area contributed by atoms with E-state index in [9.17, 15) is 4.79 Å². The molecule has 0 aliphatic rings. The van der Waals surface area contributed by atoms with E-state index < -0.39 is 5.91 Å². The third kappa shape index (κ3) is 2.44. The number of carbonyl (C=O) groups excluding carboxylic acids is 1. The highest BCUT2D eigenvalue weighted by Crippen LogP contribution is 2.03. The second kappa shape index (κ2) is 3.43. The Kier molecular flexibility index (Phi) is 3.20. The van der Waals surface area contributed by atoms with Gasteiger partial charge in [-0.3, -0.25) is 4.79 Å². The van der Waals surface area contributed by atoms with Crippen molar-refractivity contribution in [3.8, 4) is 6.07 Å². The molecular formula is C4H4N2OS2. The fraction of sp³-hybridized carbons (Fsp3) is 0. The van der Waals surface area contributed by atoms with Gasteiger partial charge in [0.1, 0.15) is 11.6 Å². The second-order valence-corrected chi connectivity index (χ2v) is 2.30. The van der Waals surface area contributed by atoms with Gasteiger partial charge in [0.15, 0.2) is 0 Å². The lowest BCUT2D eigenvalue weighted by Gasteiger charge is -2.02. The third-order valence-corrected chi connectivity index (χ3v) is 0.938. The molecule has 0 aromatic rings. The summed E-state index contributed by atoms with van der Waals surface area (Å²) in [6.07, 6.45) is 0. The van der Waals surface area contributed by atoms with Crippen molar-refractivity contribution in [1.29, 1.82) is 5.26 Å². The summed E-state index contributed by atoms with van der Waals surface area (Å²) in [6.45, 7) is 3.14. The van der Waals surface area contributed by atoms with Crippen molar-refractivity contribution in [2.75, 3.05) is 0 Å². The molecular weight excluding hydrogens is 156 g/mol. The topological polar surface area (TPSA) is 44.1 Å². The number of hydrogen-bond donors (Lipinski definition) is 2. The number of carbonyl (C=O) groups is 1. The SMILES string of the molecule is C=C(C#N)C(=O)N(S)S. The molecule has 0 aromatic carbocycles. The van der Waals surface area contributed by atoms with Gasteiger partial charge in [0, 0.05) is 0 Å². The fourth-order valence-corrected chi connectivity index (χ4v) is 0.410. The molecule has 0 aromatic heterocycles. The quantitative estimate of drug-likeness (QED) is 0.335. The maximum atomic E-state index is 10.5. The summed E-state index contributed by atoms with van der Waals surface area (Å²) in [4.78, 5) is 10.5. The Balaban J connectivity index is 4.10. The van der Waals surface area contributed by atoms with E-state index in [1.807, 2.05) is 0 Å². The molecule has 3 nitrogen and oxygen atoms in total. The Hall–Kier alpha value is -0.600. The summed E-state index contributed by atoms with van der Waals surface area (Å²) in [6, 6.07) is 1.56. The predicted molar refractivity (Wildman–Crippen MR) is 39.6 cm³/mol. The summed E-state index contributed by atoms with van der Waals surface area (Å²) in [5.41, 5.74) is -0.181. The molecule has 0 heterocycles. The lowest BCUT2D eigenvalue weighted by atomic mass is 10.3. The predicted octanol–water partition coefficient (Wildman–Crippen LogP) is 0.584. The third-order valence-electron chi connectivity index (χ3n) is 0.575. The summed E-state index contributed by atoms with van der Waals surface area (Å²) >= 11 is 7.04. The number of hydrogen-bond acceptors (Lipinski definition) is 4. The molecule has 5 heteroatoms. The largest absolute Gasteiger partial charge is 0.283 e. The van der Waals surface area contributed by atoms with Gasteiger partial charge in [0.2, 0.25) is 0 Å². The standard InChI is InChI=1S/C4H4N2OS2/c1-3(2-5)4(7)6(8)9/h8-9H,1H2. The Morgan fingerprint density at radius 2 is 2.11 bits per heavy atom. The van der Waals surface area contributed by atoms with Crippen LogP contribution >= 0.6 is 25.6 Å². The Bertz CT molecular complexity index is 181. The Morgan fingerprint density at radius 1 is 1.67 bits per heavy atom. The van der Waals surface area contributed by atoms with E-state index in [1.54, 1.807) is 6.07 Å². The van der Waals surface area contributed by atoms with Crippen LogP contribution in [0.15, 0.2) is 12.2 Å². The normalized spacial score (nSPS) is 7.67. The van der Waals surface area contributed by atoms with Crippen molar-refractivity contribution in [2.45, 2.75) is 0 Å². The van der Waals surface area contributed by atoms with Gasteiger partial charge in [0.05, 0.1) is 0 Å². The first kappa shape index (κ1) is 8.40. The highest BCUT2D eigenvalue weighted by atomic mass is 32.2. The number of nitrogens with zero attached hydrogens (tertiary/aromatic N) is 2. The molecule has 0 unspecified atom stereocenters. The molecule has 0 spiro atoms. The number of rotatable bonds is 1. The molecule has 0 saturated carbocycles. The van der Waals surface area contributed by atoms with Crippen LogP contribution in [0.3, 0.4) is 0 Å². The first-order valence-electron chi connectivity index (χ1n) is 1.90. The monoisotopic (exact) mass is 160 g/mol. The molecule has 1 amide bonds. The zero-order valence-electron chi connectivity index (χ0n) is 4.40. The van der Waals surface area contributed by atoms with E-state index in [-0.39, 0.29) is 5.57 Å². The fourth-order valence-electron chi connectivity index (χ4n) is 0.169. The molecule has 0 bridgehead atoms. The van der Waals surface area contributed by atoms with Crippen LogP contribution in [-0.2, 0) is 4.79 Å². The molecule has 0 aliphatic carbocycles. The number of thiol groups is 2. The maximum Gasteiger partial charge on any atom is 0.283 e. The molecule has 9 heavy (non-hydrogen) atoms. The average Bonchev–Trinajstić information content (AvgIpc) is 1.84. The smallest absolute Gasteiger partial charge is 0.266 e. The molecule has 0 fully saturated rings. The first-order valence-corrected chi connectivity index (χ1v) is 2.70. The van der Waals surface area contributed by atoms with Crippen molar-refractivity contribution in [1.82, 2.24) is 3.71 Å². The van der Waals surface area contributed by atoms with E-state index in [0.717, 1.165) is 0 Å². The Morgan fingerprint density at radius 3 is 2.22 bits per heavy atom. The molecule has 0 atom stereocenters. The van der Waals surface area contributed by atoms with Crippen LogP contribution in [0.5, 0.6) is 0 Å². The highest BCUT2D eigenvalue weighted by Gasteiger charge is 2.08. The first-order chi connectivity index (χ1) is 4.09. The molecule has 0 radical (unpaired) electrons. The summed E-state index contributed by atoms with van der Waals surface area (Å²) in [5.74, 6) is -0.607. The van der Waals surface area contributed by atoms with Gasteiger partial charge in [-0.05, 0) is 0 Å². The van der Waals surface area contributed by atoms with E-state index in [1.165, 1.54) is 0 Å². The zero-order chi connectivity index (χ0) is 7.44. The van der Waals surface area contributed by atoms with Crippen LogP contribution in [0.4, 0.5) is 0 Å². The van der Waals surface area contributed by atoms with Crippen LogP contribution in [0.25, 0.3) is 0 Å². The lowest BCUT2D eigenvalue weighted by Crippen LogP contribution is -2.11. The summed E-state index contributed by atoms with van der Waals surface area (Å²) < 4.78 is 0.700. The van der Waals surface area contributed by atoms with E-state index >= 15 is 0 Å². The van der Waals surface area contributed by atoms with Crippen LogP contribution in [0.1, 0.15) is 0 Å². The molecule has 0 aliphatic heterocycles. The Labute approximate surface area is 64.0 Å². The summed E-state index contributed by atoms with van der Waals surface area (Å²) in [5, 5.41) is 8.09. The van der Waals surface area contributed by atoms with E-state index in [0.29, 0.717) is 3.71 Å². The molecule has 0 saturated heterocycles. The van der Waals surface area contributed by atoms with Crippen molar-refractivity contribution in [3.63, 3.8) is 0 Å². The van der Waals surface area contributed by atoms with Gasteiger partial charge >= 0.3 is 0 Å². The van der Waals surface area contributed by atoms with Gasteiger partial charge in [-0.25, -0.2) is 3.71 Å². The highest BCUT2D eigenvalue weighted by molar-refractivity contribution is 7.94. The molecule has 0 rings (SSSR count). The molecule has 0 N–H and O–H groups in total. The van der Waals surface area contributed by atoms with Gasteiger partial charge in [-0.2, -0.15) is 5.26 Å². The molecule has 48 valence electrons. The van der Waals surface area contributed by atoms with Crippen molar-refractivity contribution < 1.29 is 4.79 Å². The number of nitriles is 1. The van der Waals surface area contributed by atoms with Crippen molar-refractivity contribution in [3.05, 3.63) is 12.2 Å². The minimum Gasteiger partial charge on any atom is -0.266 e. The van der Waals surface area contributed by atoms with Crippen LogP contribution in [0.2, 0.25) is 0 Å². The van der Waals surface area contributed by atoms with Gasteiger partial charge in [-0.1, -0.05) is 32.2 Å². The minimum absolute atomic E-state index is 0.181. The lowest BCUT2D eigenvalue weighted by molar-refractivity contribution is -0.118. The van der Waals surface area contributed by atoms with Gasteiger partial charge in [0.25, 0.3) is 5.91 Å².